The standard InChI is InChI=1S/C22H17N3O3/c1-13-5-2-3-6-17(13)25-12-14-9-15-20(10-18(14)26)28-22(24)16(11-23)21(15)19-7-4-8-27-19/h2-10,12,21,26H,24H2,1H3. The molecule has 6 nitrogen and oxygen atoms in total. The lowest BCUT2D eigenvalue weighted by Crippen LogP contribution is -2.21. The summed E-state index contributed by atoms with van der Waals surface area (Å²) in [5.74, 6) is 0.426. The van der Waals surface area contributed by atoms with Crippen molar-refractivity contribution in [2.45, 2.75) is 12.8 Å². The van der Waals surface area contributed by atoms with Crippen LogP contribution in [0.5, 0.6) is 11.5 Å². The highest BCUT2D eigenvalue weighted by atomic mass is 16.5. The predicted molar refractivity (Wildman–Crippen MR) is 105 cm³/mol. The smallest absolute Gasteiger partial charge is 0.205 e. The average Bonchev–Trinajstić information content (AvgIpc) is 3.21. The third-order valence-corrected chi connectivity index (χ3v) is 4.65. The SMILES string of the molecule is Cc1ccccc1N=Cc1cc2c(cc1O)OC(N)=C(C#N)C2c1ccco1. The van der Waals surface area contributed by atoms with Crippen LogP contribution in [0.4, 0.5) is 5.69 Å². The maximum absolute atomic E-state index is 10.4. The number of rotatable bonds is 3. The Hall–Kier alpha value is -3.98. The van der Waals surface area contributed by atoms with Gasteiger partial charge in [-0.15, -0.1) is 0 Å². The number of ether oxygens (including phenoxy) is 1. The van der Waals surface area contributed by atoms with Gasteiger partial charge in [0.2, 0.25) is 5.88 Å². The van der Waals surface area contributed by atoms with Crippen molar-refractivity contribution in [2.75, 3.05) is 0 Å². The summed E-state index contributed by atoms with van der Waals surface area (Å²) in [5, 5.41) is 20.0. The first kappa shape index (κ1) is 17.4. The Balaban J connectivity index is 1.82. The van der Waals surface area contributed by atoms with Crippen molar-refractivity contribution in [1.82, 2.24) is 0 Å². The first-order chi connectivity index (χ1) is 13.6. The Morgan fingerprint density at radius 2 is 2.04 bits per heavy atom. The molecule has 138 valence electrons. The second-order valence-corrected chi connectivity index (χ2v) is 6.43. The first-order valence-corrected chi connectivity index (χ1v) is 8.66. The number of nitrogens with two attached hydrogens (primary N) is 1. The number of hydrogen-bond donors (Lipinski definition) is 2. The number of aromatic hydroxyl groups is 1. The van der Waals surface area contributed by atoms with Gasteiger partial charge in [-0.05, 0) is 36.8 Å². The van der Waals surface area contributed by atoms with Crippen molar-refractivity contribution in [2.24, 2.45) is 10.7 Å². The fourth-order valence-electron chi connectivity index (χ4n) is 3.21. The van der Waals surface area contributed by atoms with Crippen LogP contribution in [0.15, 0.2) is 75.7 Å². The van der Waals surface area contributed by atoms with Crippen LogP contribution >= 0.6 is 0 Å². The molecule has 1 aromatic heterocycles. The number of phenols is 1. The second kappa shape index (κ2) is 6.97. The molecule has 0 fully saturated rings. The molecule has 1 unspecified atom stereocenters. The van der Waals surface area contributed by atoms with Gasteiger partial charge < -0.3 is 20.0 Å². The Kier molecular flexibility index (Phi) is 4.34. The molecule has 0 radical (unpaired) electrons. The molecule has 1 aliphatic rings. The van der Waals surface area contributed by atoms with Gasteiger partial charge in [0.25, 0.3) is 0 Å². The number of nitrogens with zero attached hydrogens (tertiary/aromatic N) is 2. The average molecular weight is 371 g/mol. The molecule has 28 heavy (non-hydrogen) atoms. The minimum absolute atomic E-state index is 0.00230. The molecule has 1 aliphatic heterocycles. The van der Waals surface area contributed by atoms with Gasteiger partial charge in [0.05, 0.1) is 17.9 Å². The molecule has 2 heterocycles. The Labute approximate surface area is 161 Å². The largest absolute Gasteiger partial charge is 0.507 e. The number of benzene rings is 2. The van der Waals surface area contributed by atoms with Gasteiger partial charge >= 0.3 is 0 Å². The molecule has 1 atom stereocenters. The first-order valence-electron chi connectivity index (χ1n) is 8.66. The van der Waals surface area contributed by atoms with Crippen molar-refractivity contribution in [3.63, 3.8) is 0 Å². The van der Waals surface area contributed by atoms with E-state index in [-0.39, 0.29) is 17.2 Å². The number of nitriles is 1. The lowest BCUT2D eigenvalue weighted by atomic mass is 9.86. The number of furan rings is 1. The number of fused-ring (bicyclic) bond motifs is 1. The van der Waals surface area contributed by atoms with Gasteiger partial charge in [0.1, 0.15) is 28.9 Å². The van der Waals surface area contributed by atoms with Crippen molar-refractivity contribution in [3.8, 4) is 17.6 Å². The fourth-order valence-corrected chi connectivity index (χ4v) is 3.21. The Bertz CT molecular complexity index is 1140. The summed E-state index contributed by atoms with van der Waals surface area (Å²) in [6.45, 7) is 1.97. The van der Waals surface area contributed by atoms with Crippen LogP contribution in [0.25, 0.3) is 0 Å². The molecule has 0 spiro atoms. The number of aliphatic imine (C=N–C) groups is 1. The zero-order valence-corrected chi connectivity index (χ0v) is 15.1. The number of hydrogen-bond acceptors (Lipinski definition) is 6. The maximum Gasteiger partial charge on any atom is 0.205 e. The second-order valence-electron chi connectivity index (χ2n) is 6.43. The van der Waals surface area contributed by atoms with Crippen molar-refractivity contribution < 1.29 is 14.3 Å². The molecular weight excluding hydrogens is 354 g/mol. The van der Waals surface area contributed by atoms with E-state index >= 15 is 0 Å². The van der Waals surface area contributed by atoms with E-state index in [1.54, 1.807) is 24.4 Å². The summed E-state index contributed by atoms with van der Waals surface area (Å²) in [4.78, 5) is 4.48. The number of allylic oxidation sites excluding steroid dienone is 1. The lowest BCUT2D eigenvalue weighted by molar-refractivity contribution is 0.379. The van der Waals surface area contributed by atoms with Gasteiger partial charge in [-0.2, -0.15) is 5.26 Å². The summed E-state index contributed by atoms with van der Waals surface area (Å²) < 4.78 is 11.1. The molecular formula is C22H17N3O3. The fraction of sp³-hybridized carbons (Fsp3) is 0.0909. The Morgan fingerprint density at radius 1 is 1.21 bits per heavy atom. The predicted octanol–water partition coefficient (Wildman–Crippen LogP) is 4.26. The lowest BCUT2D eigenvalue weighted by Gasteiger charge is -2.25. The summed E-state index contributed by atoms with van der Waals surface area (Å²) in [5.41, 5.74) is 9.19. The van der Waals surface area contributed by atoms with Crippen LogP contribution in [0, 0.1) is 18.3 Å². The third-order valence-electron chi connectivity index (χ3n) is 4.65. The van der Waals surface area contributed by atoms with Crippen LogP contribution < -0.4 is 10.5 Å². The number of aryl methyl sites for hydroxylation is 1. The molecule has 0 bridgehead atoms. The van der Waals surface area contributed by atoms with Gasteiger partial charge in [-0.3, -0.25) is 4.99 Å². The van der Waals surface area contributed by atoms with Crippen LogP contribution in [0.1, 0.15) is 28.4 Å². The highest BCUT2D eigenvalue weighted by molar-refractivity contribution is 5.87. The molecule has 3 aromatic rings. The molecule has 6 heteroatoms. The molecule has 0 saturated carbocycles. The summed E-state index contributed by atoms with van der Waals surface area (Å²) in [7, 11) is 0. The zero-order valence-electron chi connectivity index (χ0n) is 15.1. The normalized spacial score (nSPS) is 15.9. The van der Waals surface area contributed by atoms with Crippen molar-refractivity contribution in [1.29, 1.82) is 5.26 Å². The van der Waals surface area contributed by atoms with Gasteiger partial charge in [-0.1, -0.05) is 18.2 Å². The van der Waals surface area contributed by atoms with Crippen LogP contribution in [-0.4, -0.2) is 11.3 Å². The van der Waals surface area contributed by atoms with Crippen LogP contribution in [0.3, 0.4) is 0 Å². The molecule has 4 rings (SSSR count). The van der Waals surface area contributed by atoms with E-state index in [4.69, 9.17) is 14.9 Å². The van der Waals surface area contributed by atoms with E-state index in [1.807, 2.05) is 31.2 Å². The van der Waals surface area contributed by atoms with E-state index in [9.17, 15) is 10.4 Å². The highest BCUT2D eigenvalue weighted by Gasteiger charge is 2.33. The Morgan fingerprint density at radius 3 is 2.75 bits per heavy atom. The van der Waals surface area contributed by atoms with E-state index in [0.29, 0.717) is 22.6 Å². The van der Waals surface area contributed by atoms with Crippen molar-refractivity contribution >= 4 is 11.9 Å². The van der Waals surface area contributed by atoms with E-state index in [2.05, 4.69) is 11.1 Å². The van der Waals surface area contributed by atoms with E-state index < -0.39 is 5.92 Å². The highest BCUT2D eigenvalue weighted by Crippen LogP contribution is 2.44. The van der Waals surface area contributed by atoms with E-state index in [1.165, 1.54) is 12.3 Å². The van der Waals surface area contributed by atoms with Crippen molar-refractivity contribution in [3.05, 3.63) is 88.7 Å². The molecule has 0 amide bonds. The molecule has 3 N–H and O–H groups in total. The minimum Gasteiger partial charge on any atom is -0.507 e. The molecule has 0 saturated heterocycles. The third kappa shape index (κ3) is 2.99. The zero-order chi connectivity index (χ0) is 19.7. The monoisotopic (exact) mass is 371 g/mol. The number of para-hydroxylation sites is 1. The maximum atomic E-state index is 10.4. The van der Waals surface area contributed by atoms with Gasteiger partial charge in [0.15, 0.2) is 0 Å². The quantitative estimate of drug-likeness (QED) is 0.669. The van der Waals surface area contributed by atoms with E-state index in [0.717, 1.165) is 11.3 Å². The summed E-state index contributed by atoms with van der Waals surface area (Å²) >= 11 is 0. The van der Waals surface area contributed by atoms with Crippen LogP contribution in [-0.2, 0) is 0 Å². The number of phenolic OH excluding ortho intramolecular Hbond substituents is 1. The van der Waals surface area contributed by atoms with Gasteiger partial charge in [0, 0.05) is 23.4 Å². The summed E-state index contributed by atoms with van der Waals surface area (Å²) in [6, 6.07) is 16.6. The molecule has 0 aliphatic carbocycles. The molecule has 2 aromatic carbocycles. The minimum atomic E-state index is -0.519. The van der Waals surface area contributed by atoms with Gasteiger partial charge in [-0.25, -0.2) is 0 Å². The van der Waals surface area contributed by atoms with Crippen LogP contribution in [0.2, 0.25) is 0 Å². The topological polar surface area (TPSA) is 105 Å². The summed E-state index contributed by atoms with van der Waals surface area (Å²) in [6.07, 6.45) is 3.13.